The average molecular weight is 1230 g/mol. The number of likely N-dealkylation sites (tertiary alicyclic amines) is 2. The van der Waals surface area contributed by atoms with E-state index in [1.807, 2.05) is 12.1 Å². The van der Waals surface area contributed by atoms with Crippen LogP contribution in [0.1, 0.15) is 107 Å². The Balaban J connectivity index is 0.000000174. The largest absolute Gasteiger partial charge is 0.573 e. The molecular weight excluding hydrogens is 1180 g/mol. The van der Waals surface area contributed by atoms with Crippen molar-refractivity contribution in [1.82, 2.24) is 48.8 Å². The van der Waals surface area contributed by atoms with E-state index in [9.17, 15) is 62.3 Å². The van der Waals surface area contributed by atoms with Gasteiger partial charge in [0.15, 0.2) is 11.3 Å². The van der Waals surface area contributed by atoms with Gasteiger partial charge in [-0.3, -0.25) is 9.59 Å². The van der Waals surface area contributed by atoms with Crippen LogP contribution in [0, 0.1) is 0 Å². The Morgan fingerprint density at radius 2 is 1.01 bits per heavy atom. The molecule has 0 radical (unpaired) electrons. The summed E-state index contributed by atoms with van der Waals surface area (Å²) in [6.45, 7) is 2.09. The summed E-state index contributed by atoms with van der Waals surface area (Å²) in [5, 5.41) is 2.97. The van der Waals surface area contributed by atoms with Crippen LogP contribution in [0.25, 0.3) is 44.8 Å². The molecule has 12 rings (SSSR count). The third-order valence-corrected chi connectivity index (χ3v) is 17.2. The van der Waals surface area contributed by atoms with Crippen LogP contribution >= 0.6 is 34.3 Å². The summed E-state index contributed by atoms with van der Waals surface area (Å²) in [5.41, 5.74) is -0.0339. The van der Waals surface area contributed by atoms with Crippen molar-refractivity contribution in [1.29, 1.82) is 0 Å². The Morgan fingerprint density at radius 1 is 0.566 bits per heavy atom. The quantitative estimate of drug-likeness (QED) is 0.108. The van der Waals surface area contributed by atoms with E-state index in [1.54, 1.807) is 61.5 Å². The maximum absolute atomic E-state index is 13.9. The van der Waals surface area contributed by atoms with E-state index in [1.165, 1.54) is 23.5 Å². The number of pyridine rings is 2. The molecule has 29 heteroatoms. The zero-order chi connectivity index (χ0) is 58.8. The van der Waals surface area contributed by atoms with Crippen LogP contribution < -0.4 is 9.47 Å². The SMILES string of the molecule is O=C(Cn1cnc2cccnc21)N1CCC(c2nc(-c3cc(OC(F)(F)F)c(C(F)(F)F)c(C4CC4)c3)c(Cl)s2)CC1.O=C(Cn1cnc2cccnc21)N1CCC(c2nc(-c3cc(OC(F)(F)F)c(C(F)(F)F)c(C4CC4)c3)cs2)CC1. The molecule has 4 fully saturated rings. The number of carbonyl (C=O) groups is 2. The van der Waals surface area contributed by atoms with Gasteiger partial charge in [-0.05, 0) is 123 Å². The topological polar surface area (TPSA) is 146 Å². The lowest BCUT2D eigenvalue weighted by Crippen LogP contribution is -2.39. The number of alkyl halides is 12. The summed E-state index contributed by atoms with van der Waals surface area (Å²) in [4.78, 5) is 55.6. The van der Waals surface area contributed by atoms with Crippen molar-refractivity contribution in [2.24, 2.45) is 0 Å². The van der Waals surface area contributed by atoms with Gasteiger partial charge in [0, 0.05) is 66.9 Å². The molecule has 0 unspecified atom stereocenters. The molecule has 6 aromatic heterocycles. The Hall–Kier alpha value is -7.07. The number of imidazole rings is 2. The lowest BCUT2D eigenvalue weighted by molar-refractivity contribution is -0.277. The maximum Gasteiger partial charge on any atom is 0.573 e. The zero-order valence-corrected chi connectivity index (χ0v) is 45.4. The number of benzene rings is 2. The molecule has 4 aliphatic rings. The minimum Gasteiger partial charge on any atom is -0.405 e. The predicted molar refractivity (Wildman–Crippen MR) is 280 cm³/mol. The highest BCUT2D eigenvalue weighted by molar-refractivity contribution is 7.16. The van der Waals surface area contributed by atoms with Gasteiger partial charge in [-0.25, -0.2) is 29.9 Å². The van der Waals surface area contributed by atoms with E-state index in [4.69, 9.17) is 11.6 Å². The summed E-state index contributed by atoms with van der Waals surface area (Å²) in [7, 11) is 0. The number of hydrogen-bond acceptors (Lipinski definition) is 12. The monoisotopic (exact) mass is 1220 g/mol. The van der Waals surface area contributed by atoms with E-state index in [2.05, 4.69) is 39.4 Å². The van der Waals surface area contributed by atoms with Crippen molar-refractivity contribution < 1.29 is 71.7 Å². The van der Waals surface area contributed by atoms with Crippen LogP contribution in [0.4, 0.5) is 52.7 Å². The zero-order valence-electron chi connectivity index (χ0n) is 43.0. The van der Waals surface area contributed by atoms with Gasteiger partial charge in [0.2, 0.25) is 11.8 Å². The first-order chi connectivity index (χ1) is 39.3. The number of ether oxygens (including phenoxy) is 2. The minimum absolute atomic E-state index is 0.0109. The van der Waals surface area contributed by atoms with E-state index in [-0.39, 0.29) is 69.0 Å². The third-order valence-electron chi connectivity index (χ3n) is 14.8. The van der Waals surface area contributed by atoms with Gasteiger partial charge in [-0.2, -0.15) is 26.3 Å². The maximum atomic E-state index is 13.9. The van der Waals surface area contributed by atoms with Crippen LogP contribution in [0.15, 0.2) is 79.0 Å². The molecule has 0 bridgehead atoms. The Bertz CT molecular complexity index is 3700. The lowest BCUT2D eigenvalue weighted by Gasteiger charge is -2.31. The number of rotatable bonds is 12. The van der Waals surface area contributed by atoms with E-state index in [0.29, 0.717) is 117 Å². The van der Waals surface area contributed by atoms with Crippen molar-refractivity contribution >= 4 is 68.4 Å². The second kappa shape index (κ2) is 22.5. The first-order valence-corrected chi connectivity index (χ1v) is 28.1. The molecule has 8 aromatic rings. The summed E-state index contributed by atoms with van der Waals surface area (Å²) in [6, 6.07) is 11.2. The first-order valence-electron chi connectivity index (χ1n) is 26.0. The van der Waals surface area contributed by atoms with Gasteiger partial charge >= 0.3 is 25.1 Å². The second-order valence-electron chi connectivity index (χ2n) is 20.5. The number of piperidine rings is 2. The van der Waals surface area contributed by atoms with Crippen molar-refractivity contribution in [2.75, 3.05) is 26.2 Å². The lowest BCUT2D eigenvalue weighted by atomic mass is 9.96. The number of thiazole rings is 2. The highest BCUT2D eigenvalue weighted by Crippen LogP contribution is 2.54. The van der Waals surface area contributed by atoms with Crippen molar-refractivity contribution in [3.63, 3.8) is 0 Å². The summed E-state index contributed by atoms with van der Waals surface area (Å²) >= 11 is 8.90. The minimum atomic E-state index is -5.32. The van der Waals surface area contributed by atoms with Crippen molar-refractivity contribution in [2.45, 2.75) is 113 Å². The Morgan fingerprint density at radius 3 is 1.46 bits per heavy atom. The molecule has 2 aliphatic heterocycles. The fraction of sp³-hybridized carbons (Fsp3) is 0.407. The summed E-state index contributed by atoms with van der Waals surface area (Å²) < 4.78 is 173. The molecule has 2 saturated carbocycles. The molecule has 2 saturated heterocycles. The number of halogens is 13. The molecule has 438 valence electrons. The number of hydrogen-bond donors (Lipinski definition) is 0. The first kappa shape index (κ1) is 57.7. The molecule has 2 aliphatic carbocycles. The van der Waals surface area contributed by atoms with Gasteiger partial charge in [0.25, 0.3) is 0 Å². The van der Waals surface area contributed by atoms with Crippen LogP contribution in [-0.2, 0) is 35.0 Å². The highest BCUT2D eigenvalue weighted by Gasteiger charge is 2.46. The smallest absolute Gasteiger partial charge is 0.405 e. The van der Waals surface area contributed by atoms with Crippen molar-refractivity contribution in [3.05, 3.63) is 116 Å². The van der Waals surface area contributed by atoms with Gasteiger partial charge in [-0.1, -0.05) is 11.6 Å². The standard InChI is InChI=1S/C27H22ClF6N5O2S.C27H23F6N5O2S/c28-23-22(16-10-17(14-3-4-14)21(26(29,30)31)19(11-16)41-27(32,33)34)37-25(42-23)15-5-8-38(9-6-15)20(40)12-39-13-36-18-2-1-7-35-24(18)39;28-26(29,30)23-18(15-3-4-15)10-17(11-21(23)40-27(31,32)33)20-13-41-25(36-20)16-5-8-37(9-6-16)22(39)12-38-14-35-19-2-1-7-34-24(19)38/h1-2,7,10-11,13-15H,3-6,8-9,12H2;1-2,7,10-11,13-16H,3-6,8-9,12H2. The number of fused-ring (bicyclic) bond motifs is 2. The van der Waals surface area contributed by atoms with Crippen LogP contribution in [-0.4, -0.2) is 99.6 Å². The molecule has 8 heterocycles. The third kappa shape index (κ3) is 13.2. The fourth-order valence-electron chi connectivity index (χ4n) is 10.6. The van der Waals surface area contributed by atoms with Crippen molar-refractivity contribution in [3.8, 4) is 34.0 Å². The molecule has 2 aromatic carbocycles. The van der Waals surface area contributed by atoms with Gasteiger partial charge in [-0.15, -0.1) is 49.0 Å². The van der Waals surface area contributed by atoms with E-state index in [0.717, 1.165) is 22.4 Å². The molecule has 0 atom stereocenters. The van der Waals surface area contributed by atoms with Gasteiger partial charge in [0.05, 0.1) is 28.4 Å². The molecule has 2 amide bonds. The number of nitrogens with zero attached hydrogens (tertiary/aromatic N) is 10. The molecule has 83 heavy (non-hydrogen) atoms. The highest BCUT2D eigenvalue weighted by atomic mass is 35.5. The number of amides is 2. The summed E-state index contributed by atoms with van der Waals surface area (Å²) in [6.07, 6.45) is -10.0. The van der Waals surface area contributed by atoms with Gasteiger partial charge < -0.3 is 28.4 Å². The Kier molecular flexibility index (Phi) is 15.6. The van der Waals surface area contributed by atoms with Crippen LogP contribution in [0.5, 0.6) is 11.5 Å². The molecule has 14 nitrogen and oxygen atoms in total. The molecular formula is C54H45ClF12N10O4S2. The normalized spacial score (nSPS) is 16.8. The Labute approximate surface area is 476 Å². The average Bonchev–Trinajstić information content (AvgIpc) is 3.94. The molecule has 0 N–H and O–H groups in total. The fourth-order valence-corrected chi connectivity index (χ4v) is 12.9. The number of carbonyl (C=O) groups excluding carboxylic acids is 2. The van der Waals surface area contributed by atoms with E-state index < -0.39 is 59.5 Å². The number of aromatic nitrogens is 8. The second-order valence-corrected chi connectivity index (χ2v) is 23.0. The molecule has 0 spiro atoms. The van der Waals surface area contributed by atoms with E-state index >= 15 is 0 Å². The predicted octanol–water partition coefficient (Wildman–Crippen LogP) is 14.2. The van der Waals surface area contributed by atoms with Crippen LogP contribution in [0.2, 0.25) is 4.34 Å². The van der Waals surface area contributed by atoms with Gasteiger partial charge in [0.1, 0.15) is 56.8 Å². The summed E-state index contributed by atoms with van der Waals surface area (Å²) in [5.74, 6) is -3.79. The van der Waals surface area contributed by atoms with Crippen LogP contribution in [0.3, 0.4) is 0 Å².